The van der Waals surface area contributed by atoms with Crippen molar-refractivity contribution in [2.75, 3.05) is 11.1 Å². The Morgan fingerprint density at radius 1 is 1.25 bits per heavy atom. The van der Waals surface area contributed by atoms with Crippen molar-refractivity contribution in [3.05, 3.63) is 29.3 Å². The molecule has 7 heteroatoms. The smallest absolute Gasteiger partial charge is 0.266 e. The normalized spacial score (nSPS) is 12.2. The number of rotatable bonds is 7. The number of nitrogens with zero attached hydrogens (tertiary/aromatic N) is 2. The van der Waals surface area contributed by atoms with E-state index in [-0.39, 0.29) is 5.91 Å². The van der Waals surface area contributed by atoms with Gasteiger partial charge >= 0.3 is 0 Å². The highest BCUT2D eigenvalue weighted by molar-refractivity contribution is 8.01. The van der Waals surface area contributed by atoms with E-state index in [0.717, 1.165) is 15.7 Å². The van der Waals surface area contributed by atoms with E-state index in [9.17, 15) is 4.79 Å². The predicted molar refractivity (Wildman–Crippen MR) is 100 cm³/mol. The van der Waals surface area contributed by atoms with E-state index in [0.29, 0.717) is 16.8 Å². The molecule has 130 valence electrons. The molecule has 1 aromatic carbocycles. The molecule has 5 nitrogen and oxygen atoms in total. The lowest BCUT2D eigenvalue weighted by Gasteiger charge is -2.14. The van der Waals surface area contributed by atoms with Gasteiger partial charge in [-0.3, -0.25) is 10.1 Å². The van der Waals surface area contributed by atoms with Crippen LogP contribution in [0.2, 0.25) is 0 Å². The summed E-state index contributed by atoms with van der Waals surface area (Å²) in [5, 5.41) is 11.4. The van der Waals surface area contributed by atoms with Crippen LogP contribution in [0.5, 0.6) is 5.75 Å². The quantitative estimate of drug-likeness (QED) is 0.585. The fraction of sp³-hybridized carbons (Fsp3) is 0.471. The Hall–Kier alpha value is -1.60. The lowest BCUT2D eigenvalue weighted by molar-refractivity contribution is -0.122. The molecule has 0 aliphatic rings. The number of anilines is 1. The van der Waals surface area contributed by atoms with Gasteiger partial charge in [0.25, 0.3) is 5.91 Å². The first-order valence-corrected chi connectivity index (χ1v) is 9.66. The highest BCUT2D eigenvalue weighted by atomic mass is 32.2. The zero-order valence-corrected chi connectivity index (χ0v) is 16.3. The van der Waals surface area contributed by atoms with Crippen LogP contribution in [-0.4, -0.2) is 28.0 Å². The largest absolute Gasteiger partial charge is 0.481 e. The Morgan fingerprint density at radius 3 is 2.67 bits per heavy atom. The second-order valence-electron chi connectivity index (χ2n) is 6.07. The van der Waals surface area contributed by atoms with Gasteiger partial charge in [0, 0.05) is 5.75 Å². The molecule has 0 spiro atoms. The fourth-order valence-corrected chi connectivity index (χ4v) is 3.54. The van der Waals surface area contributed by atoms with Crippen LogP contribution in [0.25, 0.3) is 0 Å². The maximum atomic E-state index is 12.2. The van der Waals surface area contributed by atoms with Crippen molar-refractivity contribution in [2.45, 2.75) is 45.1 Å². The number of amides is 1. The van der Waals surface area contributed by atoms with E-state index in [2.05, 4.69) is 29.4 Å². The van der Waals surface area contributed by atoms with Crippen molar-refractivity contribution in [3.63, 3.8) is 0 Å². The summed E-state index contributed by atoms with van der Waals surface area (Å²) in [4.78, 5) is 12.2. The number of thioether (sulfide) groups is 1. The Labute approximate surface area is 151 Å². The Morgan fingerprint density at radius 2 is 2.00 bits per heavy atom. The average molecular weight is 366 g/mol. The molecular weight excluding hydrogens is 342 g/mol. The number of carbonyl (C=O) groups excluding carboxylic acids is 1. The molecule has 0 saturated heterocycles. The van der Waals surface area contributed by atoms with Crippen LogP contribution in [0.1, 0.15) is 31.9 Å². The summed E-state index contributed by atoms with van der Waals surface area (Å²) in [6, 6.07) is 5.79. The molecule has 1 N–H and O–H groups in total. The first-order chi connectivity index (χ1) is 11.3. The number of benzene rings is 1. The van der Waals surface area contributed by atoms with Gasteiger partial charge in [-0.1, -0.05) is 43.0 Å². The molecule has 1 heterocycles. The summed E-state index contributed by atoms with van der Waals surface area (Å²) in [6.07, 6.45) is -0.609. The standard InChI is InChI=1S/C17H23N3O2S2/c1-10(2)9-23-17-20-19-16(24-17)18-15(21)13(5)22-14-7-6-11(3)12(4)8-14/h6-8,10,13H,9H2,1-5H3,(H,18,19,21)/t13-/m0/s1. The average Bonchev–Trinajstić information content (AvgIpc) is 2.96. The van der Waals surface area contributed by atoms with Crippen LogP contribution in [0.4, 0.5) is 5.13 Å². The van der Waals surface area contributed by atoms with Crippen molar-refractivity contribution in [1.82, 2.24) is 10.2 Å². The van der Waals surface area contributed by atoms with Crippen LogP contribution in [0.15, 0.2) is 22.5 Å². The third-order valence-corrected chi connectivity index (χ3v) is 5.74. The van der Waals surface area contributed by atoms with Gasteiger partial charge in [-0.05, 0) is 49.9 Å². The van der Waals surface area contributed by atoms with Gasteiger partial charge in [0.15, 0.2) is 10.4 Å². The van der Waals surface area contributed by atoms with E-state index < -0.39 is 6.10 Å². The van der Waals surface area contributed by atoms with Crippen LogP contribution in [0.3, 0.4) is 0 Å². The molecule has 0 saturated carbocycles. The second-order valence-corrected chi connectivity index (χ2v) is 8.32. The molecule has 0 radical (unpaired) electrons. The molecule has 2 aromatic rings. The Bertz CT molecular complexity index is 701. The highest BCUT2D eigenvalue weighted by Gasteiger charge is 2.17. The number of aromatic nitrogens is 2. The summed E-state index contributed by atoms with van der Waals surface area (Å²) in [5.74, 6) is 2.02. The first-order valence-electron chi connectivity index (χ1n) is 7.86. The van der Waals surface area contributed by atoms with E-state index in [1.807, 2.05) is 32.0 Å². The van der Waals surface area contributed by atoms with Crippen molar-refractivity contribution < 1.29 is 9.53 Å². The predicted octanol–water partition coefficient (Wildman–Crippen LogP) is 4.31. The van der Waals surface area contributed by atoms with Gasteiger partial charge in [0.05, 0.1) is 0 Å². The molecule has 1 aromatic heterocycles. The molecule has 0 fully saturated rings. The second kappa shape index (κ2) is 8.48. The minimum atomic E-state index is -0.609. The van der Waals surface area contributed by atoms with E-state index >= 15 is 0 Å². The highest BCUT2D eigenvalue weighted by Crippen LogP contribution is 2.27. The molecule has 0 bridgehead atoms. The zero-order valence-electron chi connectivity index (χ0n) is 14.6. The zero-order chi connectivity index (χ0) is 17.7. The van der Waals surface area contributed by atoms with Gasteiger partial charge in [-0.2, -0.15) is 0 Å². The molecule has 1 amide bonds. The molecule has 0 aliphatic carbocycles. The molecule has 0 aliphatic heterocycles. The summed E-state index contributed by atoms with van der Waals surface area (Å²) in [5.41, 5.74) is 2.33. The Balaban J connectivity index is 1.90. The van der Waals surface area contributed by atoms with Gasteiger partial charge in [0.2, 0.25) is 5.13 Å². The van der Waals surface area contributed by atoms with Crippen LogP contribution < -0.4 is 10.1 Å². The van der Waals surface area contributed by atoms with Crippen LogP contribution >= 0.6 is 23.1 Å². The minimum Gasteiger partial charge on any atom is -0.481 e. The molecule has 2 rings (SSSR count). The first kappa shape index (κ1) is 18.7. The number of aryl methyl sites for hydroxylation is 2. The van der Waals surface area contributed by atoms with Gasteiger partial charge in [0.1, 0.15) is 5.75 Å². The Kier molecular flexibility index (Phi) is 6.62. The molecule has 0 unspecified atom stereocenters. The minimum absolute atomic E-state index is 0.232. The van der Waals surface area contributed by atoms with Crippen molar-refractivity contribution in [3.8, 4) is 5.75 Å². The molecule has 24 heavy (non-hydrogen) atoms. The van der Waals surface area contributed by atoms with Crippen molar-refractivity contribution >= 4 is 34.1 Å². The van der Waals surface area contributed by atoms with Gasteiger partial charge < -0.3 is 4.74 Å². The summed E-state index contributed by atoms with van der Waals surface area (Å²) >= 11 is 3.04. The van der Waals surface area contributed by atoms with Gasteiger partial charge in [-0.15, -0.1) is 10.2 Å². The number of hydrogen-bond acceptors (Lipinski definition) is 6. The number of carbonyl (C=O) groups is 1. The molecule has 1 atom stereocenters. The third kappa shape index (κ3) is 5.49. The van der Waals surface area contributed by atoms with Gasteiger partial charge in [-0.25, -0.2) is 0 Å². The maximum absolute atomic E-state index is 12.2. The maximum Gasteiger partial charge on any atom is 0.266 e. The van der Waals surface area contributed by atoms with Crippen molar-refractivity contribution in [1.29, 1.82) is 0 Å². The summed E-state index contributed by atoms with van der Waals surface area (Å²) in [7, 11) is 0. The fourth-order valence-electron chi connectivity index (χ4n) is 1.81. The number of nitrogens with one attached hydrogen (secondary N) is 1. The lowest BCUT2D eigenvalue weighted by atomic mass is 10.1. The number of hydrogen-bond donors (Lipinski definition) is 1. The monoisotopic (exact) mass is 365 g/mol. The van der Waals surface area contributed by atoms with Crippen molar-refractivity contribution in [2.24, 2.45) is 5.92 Å². The summed E-state index contributed by atoms with van der Waals surface area (Å²) < 4.78 is 6.57. The SMILES string of the molecule is Cc1ccc(O[C@@H](C)C(=O)Nc2nnc(SCC(C)C)s2)cc1C. The lowest BCUT2D eigenvalue weighted by Crippen LogP contribution is -2.30. The van der Waals surface area contributed by atoms with E-state index in [1.165, 1.54) is 16.9 Å². The van der Waals surface area contributed by atoms with E-state index in [1.54, 1.807) is 18.7 Å². The number of ether oxygens (including phenoxy) is 1. The van der Waals surface area contributed by atoms with Crippen LogP contribution in [-0.2, 0) is 4.79 Å². The molecular formula is C17H23N3O2S2. The topological polar surface area (TPSA) is 64.1 Å². The van der Waals surface area contributed by atoms with E-state index in [4.69, 9.17) is 4.74 Å². The summed E-state index contributed by atoms with van der Waals surface area (Å²) in [6.45, 7) is 10.1. The third-order valence-electron chi connectivity index (χ3n) is 3.34. The van der Waals surface area contributed by atoms with Crippen LogP contribution in [0, 0.1) is 19.8 Å².